The lowest BCUT2D eigenvalue weighted by atomic mass is 10.3. The number of thiophene rings is 1. The van der Waals surface area contributed by atoms with Gasteiger partial charge in [-0.15, -0.1) is 11.3 Å². The third-order valence-electron chi connectivity index (χ3n) is 1.67. The monoisotopic (exact) mass is 269 g/mol. The Labute approximate surface area is 97.9 Å². The molecule has 1 heterocycles. The fourth-order valence-corrected chi connectivity index (χ4v) is 3.49. The molecule has 0 fully saturated rings. The highest BCUT2D eigenvalue weighted by atomic mass is 35.5. The number of hydrogen-bond donors (Lipinski definition) is 2. The Morgan fingerprint density at radius 2 is 2.27 bits per heavy atom. The number of aliphatic hydroxyl groups excluding tert-OH is 1. The van der Waals surface area contributed by atoms with Crippen LogP contribution in [-0.2, 0) is 10.0 Å². The average Bonchev–Trinajstić information content (AvgIpc) is 2.51. The van der Waals surface area contributed by atoms with Crippen LogP contribution in [0.2, 0.25) is 4.34 Å². The van der Waals surface area contributed by atoms with Crippen LogP contribution in [0.4, 0.5) is 0 Å². The molecule has 0 amide bonds. The Morgan fingerprint density at radius 1 is 1.60 bits per heavy atom. The van der Waals surface area contributed by atoms with Gasteiger partial charge in [-0.05, 0) is 25.5 Å². The van der Waals surface area contributed by atoms with Crippen molar-refractivity contribution in [2.24, 2.45) is 0 Å². The summed E-state index contributed by atoms with van der Waals surface area (Å²) in [6.07, 6.45) is -0.127. The number of aliphatic hydroxyl groups is 1. The average molecular weight is 270 g/mol. The van der Waals surface area contributed by atoms with Gasteiger partial charge in [0.25, 0.3) is 0 Å². The van der Waals surface area contributed by atoms with Crippen LogP contribution in [0.1, 0.15) is 13.3 Å². The molecular formula is C8H12ClNO3S2. The van der Waals surface area contributed by atoms with E-state index in [0.717, 1.165) is 11.3 Å². The van der Waals surface area contributed by atoms with Crippen molar-refractivity contribution in [1.82, 2.24) is 4.72 Å². The van der Waals surface area contributed by atoms with Crippen molar-refractivity contribution in [2.45, 2.75) is 23.7 Å². The summed E-state index contributed by atoms with van der Waals surface area (Å²) < 4.78 is 26.2. The van der Waals surface area contributed by atoms with Gasteiger partial charge in [0.1, 0.15) is 4.21 Å². The van der Waals surface area contributed by atoms with E-state index < -0.39 is 16.1 Å². The van der Waals surface area contributed by atoms with Gasteiger partial charge in [0, 0.05) is 6.54 Å². The molecule has 1 aromatic rings. The third-order valence-corrected chi connectivity index (χ3v) is 4.85. The number of nitrogens with one attached hydrogen (secondary N) is 1. The summed E-state index contributed by atoms with van der Waals surface area (Å²) in [6.45, 7) is 1.83. The Morgan fingerprint density at radius 3 is 2.73 bits per heavy atom. The highest BCUT2D eigenvalue weighted by molar-refractivity contribution is 7.91. The van der Waals surface area contributed by atoms with Gasteiger partial charge in [0.15, 0.2) is 0 Å². The molecule has 7 heteroatoms. The van der Waals surface area contributed by atoms with Gasteiger partial charge in [-0.1, -0.05) is 11.6 Å². The molecular weight excluding hydrogens is 258 g/mol. The maximum Gasteiger partial charge on any atom is 0.250 e. The van der Waals surface area contributed by atoms with E-state index in [0.29, 0.717) is 10.8 Å². The van der Waals surface area contributed by atoms with Gasteiger partial charge < -0.3 is 5.11 Å². The number of sulfonamides is 1. The standard InChI is InChI=1S/C8H12ClNO3S2/c1-6(11)4-5-10-15(12,13)8-3-2-7(9)14-8/h2-3,6,10-11H,4-5H2,1H3. The van der Waals surface area contributed by atoms with Crippen molar-refractivity contribution in [3.63, 3.8) is 0 Å². The molecule has 0 aliphatic heterocycles. The predicted molar refractivity (Wildman–Crippen MR) is 60.8 cm³/mol. The predicted octanol–water partition coefficient (Wildman–Crippen LogP) is 1.45. The number of rotatable bonds is 5. The normalized spacial score (nSPS) is 14.1. The smallest absolute Gasteiger partial charge is 0.250 e. The molecule has 0 aromatic carbocycles. The highest BCUT2D eigenvalue weighted by Gasteiger charge is 2.15. The van der Waals surface area contributed by atoms with E-state index in [9.17, 15) is 8.42 Å². The maximum absolute atomic E-state index is 11.6. The van der Waals surface area contributed by atoms with Crippen molar-refractivity contribution in [1.29, 1.82) is 0 Å². The molecule has 1 aromatic heterocycles. The largest absolute Gasteiger partial charge is 0.393 e. The molecule has 4 nitrogen and oxygen atoms in total. The topological polar surface area (TPSA) is 66.4 Å². The van der Waals surface area contributed by atoms with Gasteiger partial charge in [0.05, 0.1) is 10.4 Å². The Kier molecular flexibility index (Phi) is 4.54. The van der Waals surface area contributed by atoms with Gasteiger partial charge in [-0.3, -0.25) is 0 Å². The summed E-state index contributed by atoms with van der Waals surface area (Å²) in [5.41, 5.74) is 0. The molecule has 0 aliphatic carbocycles. The van der Waals surface area contributed by atoms with Crippen molar-refractivity contribution >= 4 is 33.0 Å². The summed E-state index contributed by atoms with van der Waals surface area (Å²) in [4.78, 5) is 0. The summed E-state index contributed by atoms with van der Waals surface area (Å²) in [7, 11) is -3.46. The van der Waals surface area contributed by atoms with Crippen molar-refractivity contribution < 1.29 is 13.5 Å². The lowest BCUT2D eigenvalue weighted by Crippen LogP contribution is -2.26. The first-order valence-electron chi connectivity index (χ1n) is 4.35. The van der Waals surface area contributed by atoms with E-state index in [-0.39, 0.29) is 10.8 Å². The molecule has 1 rings (SSSR count). The van der Waals surface area contributed by atoms with Crippen molar-refractivity contribution in [3.8, 4) is 0 Å². The second kappa shape index (κ2) is 5.27. The Bertz CT molecular complexity index is 413. The summed E-state index contributed by atoms with van der Waals surface area (Å²) >= 11 is 6.64. The second-order valence-electron chi connectivity index (χ2n) is 3.09. The quantitative estimate of drug-likeness (QED) is 0.850. The summed E-state index contributed by atoms with van der Waals surface area (Å²) in [5, 5.41) is 8.97. The molecule has 0 bridgehead atoms. The maximum atomic E-state index is 11.6. The van der Waals surface area contributed by atoms with E-state index in [4.69, 9.17) is 16.7 Å². The zero-order valence-electron chi connectivity index (χ0n) is 8.10. The molecule has 15 heavy (non-hydrogen) atoms. The Hall–Kier alpha value is -0.140. The molecule has 1 unspecified atom stereocenters. The summed E-state index contributed by atoms with van der Waals surface area (Å²) in [6, 6.07) is 2.99. The first-order chi connectivity index (χ1) is 6.92. The minimum absolute atomic E-state index is 0.193. The van der Waals surface area contributed by atoms with Crippen LogP contribution in [0.3, 0.4) is 0 Å². The molecule has 0 saturated heterocycles. The lowest BCUT2D eigenvalue weighted by Gasteiger charge is -2.05. The summed E-state index contributed by atoms with van der Waals surface area (Å²) in [5.74, 6) is 0. The van der Waals surface area contributed by atoms with Crippen LogP contribution in [0.25, 0.3) is 0 Å². The fraction of sp³-hybridized carbons (Fsp3) is 0.500. The first kappa shape index (κ1) is 12.9. The molecule has 0 saturated carbocycles. The van der Waals surface area contributed by atoms with E-state index in [1.54, 1.807) is 6.92 Å². The second-order valence-corrected chi connectivity index (χ2v) is 6.80. The van der Waals surface area contributed by atoms with Crippen LogP contribution in [0, 0.1) is 0 Å². The number of halogens is 1. The molecule has 0 radical (unpaired) electrons. The molecule has 2 N–H and O–H groups in total. The van der Waals surface area contributed by atoms with E-state index in [2.05, 4.69) is 4.72 Å². The van der Waals surface area contributed by atoms with Crippen LogP contribution in [-0.4, -0.2) is 26.2 Å². The van der Waals surface area contributed by atoms with Crippen molar-refractivity contribution in [2.75, 3.05) is 6.54 Å². The van der Waals surface area contributed by atoms with Gasteiger partial charge in [0.2, 0.25) is 10.0 Å². The molecule has 86 valence electrons. The Balaban J connectivity index is 2.60. The first-order valence-corrected chi connectivity index (χ1v) is 7.02. The van der Waals surface area contributed by atoms with Crippen LogP contribution in [0.5, 0.6) is 0 Å². The van der Waals surface area contributed by atoms with E-state index in [1.165, 1.54) is 12.1 Å². The van der Waals surface area contributed by atoms with Crippen LogP contribution >= 0.6 is 22.9 Å². The SMILES string of the molecule is CC(O)CCNS(=O)(=O)c1ccc(Cl)s1. The van der Waals surface area contributed by atoms with Crippen molar-refractivity contribution in [3.05, 3.63) is 16.5 Å². The number of hydrogen-bond acceptors (Lipinski definition) is 4. The van der Waals surface area contributed by atoms with E-state index in [1.807, 2.05) is 0 Å². The molecule has 1 atom stereocenters. The lowest BCUT2D eigenvalue weighted by molar-refractivity contribution is 0.186. The van der Waals surface area contributed by atoms with Gasteiger partial charge in [-0.25, -0.2) is 13.1 Å². The fourth-order valence-electron chi connectivity index (χ4n) is 0.915. The molecule has 0 aliphatic rings. The van der Waals surface area contributed by atoms with Crippen LogP contribution in [0.15, 0.2) is 16.3 Å². The van der Waals surface area contributed by atoms with Gasteiger partial charge in [-0.2, -0.15) is 0 Å². The minimum Gasteiger partial charge on any atom is -0.393 e. The van der Waals surface area contributed by atoms with Crippen LogP contribution < -0.4 is 4.72 Å². The zero-order valence-corrected chi connectivity index (χ0v) is 10.5. The van der Waals surface area contributed by atoms with E-state index >= 15 is 0 Å². The van der Waals surface area contributed by atoms with Gasteiger partial charge >= 0.3 is 0 Å². The zero-order chi connectivity index (χ0) is 11.5. The molecule has 0 spiro atoms. The highest BCUT2D eigenvalue weighted by Crippen LogP contribution is 2.25. The minimum atomic E-state index is -3.46. The third kappa shape index (κ3) is 4.08.